The monoisotopic (exact) mass is 320 g/mol. The number of allylic oxidation sites excluding steroid dienone is 1. The lowest BCUT2D eigenvalue weighted by molar-refractivity contribution is 0.0474. The zero-order valence-electron chi connectivity index (χ0n) is 14.2. The summed E-state index contributed by atoms with van der Waals surface area (Å²) in [6.45, 7) is 11.0. The molecule has 1 N–H and O–H groups in total. The van der Waals surface area contributed by atoms with Gasteiger partial charge in [0, 0.05) is 5.56 Å². The zero-order valence-corrected chi connectivity index (χ0v) is 14.2. The van der Waals surface area contributed by atoms with Crippen molar-refractivity contribution in [1.82, 2.24) is 0 Å². The first-order chi connectivity index (χ1) is 10.9. The number of carbonyl (C=O) groups excluding carboxylic acids is 2. The van der Waals surface area contributed by atoms with Crippen LogP contribution in [0.1, 0.15) is 58.2 Å². The Hall–Kier alpha value is -2.30. The molecule has 0 saturated heterocycles. The van der Waals surface area contributed by atoms with Gasteiger partial charge in [0.05, 0.1) is 18.8 Å². The Balaban J connectivity index is 3.76. The van der Waals surface area contributed by atoms with Crippen molar-refractivity contribution in [3.8, 4) is 5.75 Å². The van der Waals surface area contributed by atoms with Crippen molar-refractivity contribution in [1.29, 1.82) is 0 Å². The van der Waals surface area contributed by atoms with Crippen LogP contribution in [0.15, 0.2) is 12.7 Å². The molecular weight excluding hydrogens is 296 g/mol. The van der Waals surface area contributed by atoms with Gasteiger partial charge < -0.3 is 14.6 Å². The minimum atomic E-state index is -0.732. The number of ether oxygens (including phenoxy) is 2. The summed E-state index contributed by atoms with van der Waals surface area (Å²) in [7, 11) is 0. The van der Waals surface area contributed by atoms with Gasteiger partial charge in [0.15, 0.2) is 0 Å². The number of hydrogen-bond acceptors (Lipinski definition) is 5. The zero-order chi connectivity index (χ0) is 17.6. The van der Waals surface area contributed by atoms with E-state index in [-0.39, 0.29) is 30.1 Å². The Kier molecular flexibility index (Phi) is 6.82. The van der Waals surface area contributed by atoms with E-state index in [0.717, 1.165) is 5.56 Å². The average Bonchev–Trinajstić information content (AvgIpc) is 2.50. The van der Waals surface area contributed by atoms with Crippen LogP contribution in [0.5, 0.6) is 5.75 Å². The maximum Gasteiger partial charge on any atom is 0.342 e. The molecule has 5 nitrogen and oxygen atoms in total. The summed E-state index contributed by atoms with van der Waals surface area (Å²) in [5.41, 5.74) is 1.99. The molecule has 1 aromatic carbocycles. The summed E-state index contributed by atoms with van der Waals surface area (Å²) in [6, 6.07) is 0. The van der Waals surface area contributed by atoms with Gasteiger partial charge in [-0.05, 0) is 44.7 Å². The number of phenols is 1. The molecule has 0 heterocycles. The number of aromatic hydroxyl groups is 1. The largest absolute Gasteiger partial charge is 0.507 e. The highest BCUT2D eigenvalue weighted by Crippen LogP contribution is 2.35. The molecule has 0 aliphatic rings. The average molecular weight is 320 g/mol. The van der Waals surface area contributed by atoms with Gasteiger partial charge in [0.1, 0.15) is 11.3 Å². The Morgan fingerprint density at radius 3 is 2.00 bits per heavy atom. The Labute approximate surface area is 136 Å². The van der Waals surface area contributed by atoms with Gasteiger partial charge in [-0.15, -0.1) is 6.58 Å². The lowest BCUT2D eigenvalue weighted by Crippen LogP contribution is -2.18. The predicted molar refractivity (Wildman–Crippen MR) is 88.0 cm³/mol. The van der Waals surface area contributed by atoms with E-state index in [1.54, 1.807) is 26.8 Å². The van der Waals surface area contributed by atoms with Crippen LogP contribution in [0.2, 0.25) is 0 Å². The number of esters is 2. The van der Waals surface area contributed by atoms with Crippen LogP contribution in [-0.2, 0) is 22.3 Å². The number of rotatable bonds is 7. The molecule has 0 aromatic heterocycles. The van der Waals surface area contributed by atoms with Crippen LogP contribution < -0.4 is 0 Å². The SMILES string of the molecule is C=CCc1c(O)c(C(=O)OCC)c(C(=O)OCC)c(C)c1CC. The third kappa shape index (κ3) is 3.73. The van der Waals surface area contributed by atoms with Crippen LogP contribution in [0.4, 0.5) is 0 Å². The highest BCUT2D eigenvalue weighted by molar-refractivity contribution is 6.07. The molecular formula is C18H24O5. The van der Waals surface area contributed by atoms with E-state index in [1.165, 1.54) is 0 Å². The van der Waals surface area contributed by atoms with Crippen molar-refractivity contribution >= 4 is 11.9 Å². The minimum absolute atomic E-state index is 0.0764. The van der Waals surface area contributed by atoms with Gasteiger partial charge in [-0.2, -0.15) is 0 Å². The smallest absolute Gasteiger partial charge is 0.342 e. The van der Waals surface area contributed by atoms with Crippen molar-refractivity contribution in [3.05, 3.63) is 40.5 Å². The summed E-state index contributed by atoms with van der Waals surface area (Å²) in [4.78, 5) is 24.6. The lowest BCUT2D eigenvalue weighted by Gasteiger charge is -2.20. The lowest BCUT2D eigenvalue weighted by atomic mass is 9.88. The van der Waals surface area contributed by atoms with E-state index in [4.69, 9.17) is 9.47 Å². The highest BCUT2D eigenvalue weighted by atomic mass is 16.5. The molecule has 0 atom stereocenters. The Morgan fingerprint density at radius 2 is 1.57 bits per heavy atom. The van der Waals surface area contributed by atoms with E-state index in [1.807, 2.05) is 6.92 Å². The van der Waals surface area contributed by atoms with Crippen molar-refractivity contribution in [2.24, 2.45) is 0 Å². The predicted octanol–water partition coefficient (Wildman–Crippen LogP) is 3.34. The van der Waals surface area contributed by atoms with E-state index in [2.05, 4.69) is 6.58 Å². The third-order valence-electron chi connectivity index (χ3n) is 3.63. The number of carbonyl (C=O) groups is 2. The van der Waals surface area contributed by atoms with Crippen molar-refractivity contribution in [3.63, 3.8) is 0 Å². The molecule has 0 aliphatic carbocycles. The first-order valence-corrected chi connectivity index (χ1v) is 7.76. The molecule has 0 radical (unpaired) electrons. The summed E-state index contributed by atoms with van der Waals surface area (Å²) >= 11 is 0. The molecule has 0 bridgehead atoms. The van der Waals surface area contributed by atoms with Gasteiger partial charge in [-0.3, -0.25) is 0 Å². The quantitative estimate of drug-likeness (QED) is 0.616. The molecule has 0 aliphatic heterocycles. The first-order valence-electron chi connectivity index (χ1n) is 7.76. The third-order valence-corrected chi connectivity index (χ3v) is 3.63. The van der Waals surface area contributed by atoms with Crippen molar-refractivity contribution in [2.45, 2.75) is 40.5 Å². The van der Waals surface area contributed by atoms with Crippen LogP contribution in [0.25, 0.3) is 0 Å². The highest BCUT2D eigenvalue weighted by Gasteiger charge is 2.30. The number of benzene rings is 1. The first kappa shape index (κ1) is 18.7. The van der Waals surface area contributed by atoms with E-state index in [9.17, 15) is 14.7 Å². The standard InChI is InChI=1S/C18H24O5/c1-6-10-13-12(7-2)11(5)14(17(20)22-8-3)15(16(13)19)18(21)23-9-4/h6,19H,1,7-10H2,2-5H3. The molecule has 126 valence electrons. The molecule has 5 heteroatoms. The summed E-state index contributed by atoms with van der Waals surface area (Å²) < 4.78 is 10.1. The second kappa shape index (κ2) is 8.36. The summed E-state index contributed by atoms with van der Waals surface area (Å²) in [5.74, 6) is -1.60. The second-order valence-corrected chi connectivity index (χ2v) is 4.97. The fourth-order valence-corrected chi connectivity index (χ4v) is 2.68. The molecule has 23 heavy (non-hydrogen) atoms. The molecule has 0 saturated carbocycles. The van der Waals surface area contributed by atoms with Gasteiger partial charge in [0.25, 0.3) is 0 Å². The maximum atomic E-state index is 12.3. The molecule has 0 amide bonds. The van der Waals surface area contributed by atoms with Crippen molar-refractivity contribution in [2.75, 3.05) is 13.2 Å². The van der Waals surface area contributed by atoms with Crippen LogP contribution >= 0.6 is 0 Å². The normalized spacial score (nSPS) is 10.3. The van der Waals surface area contributed by atoms with Crippen LogP contribution in [0, 0.1) is 6.92 Å². The summed E-state index contributed by atoms with van der Waals surface area (Å²) in [6.07, 6.45) is 2.65. The maximum absolute atomic E-state index is 12.3. The molecule has 0 unspecified atom stereocenters. The van der Waals surface area contributed by atoms with E-state index < -0.39 is 11.9 Å². The molecule has 1 rings (SSSR count). The fourth-order valence-electron chi connectivity index (χ4n) is 2.68. The van der Waals surface area contributed by atoms with Gasteiger partial charge in [-0.1, -0.05) is 13.0 Å². The number of phenolic OH excluding ortho intramolecular Hbond substituents is 1. The number of hydrogen-bond donors (Lipinski definition) is 1. The second-order valence-electron chi connectivity index (χ2n) is 4.97. The Morgan fingerprint density at radius 1 is 1.04 bits per heavy atom. The van der Waals surface area contributed by atoms with Gasteiger partial charge in [-0.25, -0.2) is 9.59 Å². The van der Waals surface area contributed by atoms with Gasteiger partial charge in [0.2, 0.25) is 0 Å². The molecule has 1 aromatic rings. The molecule has 0 fully saturated rings. The minimum Gasteiger partial charge on any atom is -0.507 e. The fraction of sp³-hybridized carbons (Fsp3) is 0.444. The van der Waals surface area contributed by atoms with Crippen LogP contribution in [-0.4, -0.2) is 30.3 Å². The molecule has 0 spiro atoms. The Bertz CT molecular complexity index is 617. The van der Waals surface area contributed by atoms with Gasteiger partial charge >= 0.3 is 11.9 Å². The van der Waals surface area contributed by atoms with Crippen molar-refractivity contribution < 1.29 is 24.2 Å². The topological polar surface area (TPSA) is 72.8 Å². The van der Waals surface area contributed by atoms with E-state index in [0.29, 0.717) is 24.0 Å². The van der Waals surface area contributed by atoms with Crippen LogP contribution in [0.3, 0.4) is 0 Å². The summed E-state index contributed by atoms with van der Waals surface area (Å²) in [5, 5.41) is 10.6. The van der Waals surface area contributed by atoms with E-state index >= 15 is 0 Å².